The second kappa shape index (κ2) is 6.25. The fourth-order valence-electron chi connectivity index (χ4n) is 1.87. The smallest absolute Gasteiger partial charge is 0.106 e. The van der Waals surface area contributed by atoms with Crippen LogP contribution in [-0.2, 0) is 4.74 Å². The van der Waals surface area contributed by atoms with E-state index in [1.807, 2.05) is 27.7 Å². The predicted molar refractivity (Wildman–Crippen MR) is 76.3 cm³/mol. The van der Waals surface area contributed by atoms with Crippen molar-refractivity contribution in [2.24, 2.45) is 5.41 Å². The first-order valence-electron chi connectivity index (χ1n) is 6.02. The SMILES string of the molecule is CCOC(C(O)c1ccc(Cl)c(Cl)c1)C(C)(C)C. The van der Waals surface area contributed by atoms with Crippen molar-refractivity contribution in [1.29, 1.82) is 0 Å². The minimum atomic E-state index is -0.722. The van der Waals surface area contributed by atoms with Crippen molar-refractivity contribution in [2.75, 3.05) is 6.61 Å². The summed E-state index contributed by atoms with van der Waals surface area (Å²) in [7, 11) is 0. The molecule has 0 amide bonds. The van der Waals surface area contributed by atoms with Crippen LogP contribution in [0.4, 0.5) is 0 Å². The van der Waals surface area contributed by atoms with Crippen LogP contribution in [0.5, 0.6) is 0 Å². The van der Waals surface area contributed by atoms with Gasteiger partial charge in [-0.3, -0.25) is 0 Å². The Morgan fingerprint density at radius 2 is 1.83 bits per heavy atom. The van der Waals surface area contributed by atoms with Gasteiger partial charge in [0.15, 0.2) is 0 Å². The maximum Gasteiger partial charge on any atom is 0.106 e. The summed E-state index contributed by atoms with van der Waals surface area (Å²) in [6, 6.07) is 5.15. The highest BCUT2D eigenvalue weighted by Crippen LogP contribution is 2.34. The van der Waals surface area contributed by atoms with Gasteiger partial charge in [-0.05, 0) is 30.0 Å². The number of benzene rings is 1. The molecule has 18 heavy (non-hydrogen) atoms. The molecule has 0 fully saturated rings. The van der Waals surface area contributed by atoms with E-state index in [2.05, 4.69) is 0 Å². The molecule has 0 radical (unpaired) electrons. The molecule has 0 aliphatic carbocycles. The van der Waals surface area contributed by atoms with Crippen LogP contribution in [-0.4, -0.2) is 17.8 Å². The molecule has 0 saturated heterocycles. The van der Waals surface area contributed by atoms with Crippen LogP contribution in [0.3, 0.4) is 0 Å². The molecule has 0 aliphatic rings. The van der Waals surface area contributed by atoms with E-state index in [0.29, 0.717) is 16.7 Å². The summed E-state index contributed by atoms with van der Waals surface area (Å²) in [4.78, 5) is 0. The summed E-state index contributed by atoms with van der Waals surface area (Å²) in [5, 5.41) is 11.4. The maximum atomic E-state index is 10.4. The van der Waals surface area contributed by atoms with Gasteiger partial charge in [-0.2, -0.15) is 0 Å². The van der Waals surface area contributed by atoms with Gasteiger partial charge >= 0.3 is 0 Å². The summed E-state index contributed by atoms with van der Waals surface area (Å²) in [5.41, 5.74) is 0.555. The van der Waals surface area contributed by atoms with E-state index in [9.17, 15) is 5.11 Å². The number of ether oxygens (including phenoxy) is 1. The lowest BCUT2D eigenvalue weighted by Crippen LogP contribution is -2.35. The first-order valence-corrected chi connectivity index (χ1v) is 6.77. The number of hydrogen-bond donors (Lipinski definition) is 1. The fraction of sp³-hybridized carbons (Fsp3) is 0.571. The molecular formula is C14H20Cl2O2. The molecule has 1 aromatic rings. The zero-order valence-corrected chi connectivity index (χ0v) is 12.7. The monoisotopic (exact) mass is 290 g/mol. The molecule has 2 nitrogen and oxygen atoms in total. The number of rotatable bonds is 4. The Kier molecular flexibility index (Phi) is 5.47. The van der Waals surface area contributed by atoms with Gasteiger partial charge in [0.05, 0.1) is 16.1 Å². The Morgan fingerprint density at radius 1 is 1.22 bits per heavy atom. The molecule has 102 valence electrons. The Morgan fingerprint density at radius 3 is 2.28 bits per heavy atom. The normalized spacial score (nSPS) is 15.5. The average Bonchev–Trinajstić information content (AvgIpc) is 2.27. The predicted octanol–water partition coefficient (Wildman–Crippen LogP) is 4.48. The Hall–Kier alpha value is -0.280. The second-order valence-corrected chi connectivity index (χ2v) is 6.17. The molecule has 2 unspecified atom stereocenters. The molecule has 0 saturated carbocycles. The van der Waals surface area contributed by atoms with E-state index in [-0.39, 0.29) is 11.5 Å². The van der Waals surface area contributed by atoms with E-state index in [1.54, 1.807) is 18.2 Å². The van der Waals surface area contributed by atoms with Crippen LogP contribution in [0.2, 0.25) is 10.0 Å². The highest BCUT2D eigenvalue weighted by Gasteiger charge is 2.32. The number of hydrogen-bond acceptors (Lipinski definition) is 2. The van der Waals surface area contributed by atoms with E-state index in [0.717, 1.165) is 5.56 Å². The van der Waals surface area contributed by atoms with Crippen LogP contribution >= 0.6 is 23.2 Å². The van der Waals surface area contributed by atoms with Crippen LogP contribution in [0.25, 0.3) is 0 Å². The lowest BCUT2D eigenvalue weighted by atomic mass is 9.83. The zero-order chi connectivity index (χ0) is 13.9. The highest BCUT2D eigenvalue weighted by atomic mass is 35.5. The average molecular weight is 291 g/mol. The molecular weight excluding hydrogens is 271 g/mol. The lowest BCUT2D eigenvalue weighted by Gasteiger charge is -2.34. The summed E-state index contributed by atoms with van der Waals surface area (Å²) in [6.07, 6.45) is -1.01. The third kappa shape index (κ3) is 3.86. The topological polar surface area (TPSA) is 29.5 Å². The maximum absolute atomic E-state index is 10.4. The second-order valence-electron chi connectivity index (χ2n) is 5.36. The lowest BCUT2D eigenvalue weighted by molar-refractivity contribution is -0.0898. The van der Waals surface area contributed by atoms with Crippen molar-refractivity contribution in [2.45, 2.75) is 39.9 Å². The van der Waals surface area contributed by atoms with Gasteiger partial charge in [0.25, 0.3) is 0 Å². The van der Waals surface area contributed by atoms with Crippen molar-refractivity contribution in [1.82, 2.24) is 0 Å². The Bertz CT molecular complexity index is 399. The largest absolute Gasteiger partial charge is 0.386 e. The molecule has 0 aliphatic heterocycles. The van der Waals surface area contributed by atoms with Gasteiger partial charge in [-0.15, -0.1) is 0 Å². The van der Waals surface area contributed by atoms with Crippen molar-refractivity contribution < 1.29 is 9.84 Å². The summed E-state index contributed by atoms with van der Waals surface area (Å²) < 4.78 is 5.67. The first kappa shape index (κ1) is 15.8. The minimum Gasteiger partial charge on any atom is -0.386 e. The Balaban J connectivity index is 3.01. The molecule has 0 heterocycles. The molecule has 1 rings (SSSR count). The van der Waals surface area contributed by atoms with E-state index < -0.39 is 6.10 Å². The quantitative estimate of drug-likeness (QED) is 0.886. The third-order valence-corrected chi connectivity index (χ3v) is 3.51. The van der Waals surface area contributed by atoms with Gasteiger partial charge in [-0.1, -0.05) is 50.0 Å². The minimum absolute atomic E-state index is 0.165. The molecule has 1 N–H and O–H groups in total. The van der Waals surface area contributed by atoms with Crippen molar-refractivity contribution >= 4 is 23.2 Å². The number of aliphatic hydroxyl groups excluding tert-OH is 1. The summed E-state index contributed by atoms with van der Waals surface area (Å²) in [6.45, 7) is 8.58. The highest BCUT2D eigenvalue weighted by molar-refractivity contribution is 6.42. The number of halogens is 2. The molecule has 2 atom stereocenters. The van der Waals surface area contributed by atoms with E-state index in [4.69, 9.17) is 27.9 Å². The van der Waals surface area contributed by atoms with Gasteiger partial charge < -0.3 is 9.84 Å². The van der Waals surface area contributed by atoms with Crippen molar-refractivity contribution in [3.63, 3.8) is 0 Å². The zero-order valence-electron chi connectivity index (χ0n) is 11.2. The van der Waals surface area contributed by atoms with Crippen LogP contribution in [0.15, 0.2) is 18.2 Å². The summed E-state index contributed by atoms with van der Waals surface area (Å²) in [5.74, 6) is 0. The molecule has 1 aromatic carbocycles. The molecule has 4 heteroatoms. The number of aliphatic hydroxyl groups is 1. The molecule has 0 spiro atoms. The van der Waals surface area contributed by atoms with Gasteiger partial charge in [-0.25, -0.2) is 0 Å². The van der Waals surface area contributed by atoms with E-state index in [1.165, 1.54) is 0 Å². The Labute approximate surface area is 119 Å². The van der Waals surface area contributed by atoms with Crippen molar-refractivity contribution in [3.05, 3.63) is 33.8 Å². The van der Waals surface area contributed by atoms with Gasteiger partial charge in [0, 0.05) is 6.61 Å². The first-order chi connectivity index (χ1) is 8.27. The van der Waals surface area contributed by atoms with Gasteiger partial charge in [0.1, 0.15) is 6.10 Å². The van der Waals surface area contributed by atoms with E-state index >= 15 is 0 Å². The van der Waals surface area contributed by atoms with Crippen LogP contribution in [0, 0.1) is 5.41 Å². The standard InChI is InChI=1S/C14H20Cl2O2/c1-5-18-13(14(2,3)4)12(17)9-6-7-10(15)11(16)8-9/h6-8,12-13,17H,5H2,1-4H3. The van der Waals surface area contributed by atoms with Crippen LogP contribution in [0.1, 0.15) is 39.4 Å². The summed E-state index contributed by atoms with van der Waals surface area (Å²) >= 11 is 11.8. The molecule has 0 aromatic heterocycles. The van der Waals surface area contributed by atoms with Crippen molar-refractivity contribution in [3.8, 4) is 0 Å². The molecule has 0 bridgehead atoms. The third-order valence-electron chi connectivity index (χ3n) is 2.77. The van der Waals surface area contributed by atoms with Crippen LogP contribution < -0.4 is 0 Å². The van der Waals surface area contributed by atoms with Gasteiger partial charge in [0.2, 0.25) is 0 Å². The fourth-order valence-corrected chi connectivity index (χ4v) is 2.17.